The quantitative estimate of drug-likeness (QED) is 0.518. The lowest BCUT2D eigenvalue weighted by atomic mass is 10.0. The van der Waals surface area contributed by atoms with Crippen molar-refractivity contribution in [2.75, 3.05) is 5.32 Å². The van der Waals surface area contributed by atoms with Crippen LogP contribution >= 0.6 is 0 Å². The lowest BCUT2D eigenvalue weighted by molar-refractivity contribution is 1.33. The number of rotatable bonds is 4. The van der Waals surface area contributed by atoms with Gasteiger partial charge in [0.2, 0.25) is 0 Å². The molecule has 0 bridgehead atoms. The van der Waals surface area contributed by atoms with Crippen LogP contribution in [0, 0.1) is 27.7 Å². The normalized spacial score (nSPS) is 11.0. The van der Waals surface area contributed by atoms with E-state index < -0.39 is 0 Å². The molecule has 0 heterocycles. The second-order valence-corrected chi connectivity index (χ2v) is 6.69. The Balaban J connectivity index is 1.74. The highest BCUT2D eigenvalue weighted by molar-refractivity contribution is 5.73. The molecule has 0 aliphatic carbocycles. The van der Waals surface area contributed by atoms with E-state index in [4.69, 9.17) is 0 Å². The van der Waals surface area contributed by atoms with Crippen LogP contribution in [-0.4, -0.2) is 0 Å². The van der Waals surface area contributed by atoms with Crippen LogP contribution in [0.1, 0.15) is 33.4 Å². The Morgan fingerprint density at radius 2 is 1.48 bits per heavy atom. The molecule has 126 valence electrons. The number of hydrogen-bond acceptors (Lipinski definition) is 1. The molecule has 0 saturated carbocycles. The maximum atomic E-state index is 3.49. The Morgan fingerprint density at radius 3 is 2.20 bits per heavy atom. The molecule has 0 aromatic heterocycles. The first-order valence-electron chi connectivity index (χ1n) is 8.71. The van der Waals surface area contributed by atoms with Crippen LogP contribution in [0.15, 0.2) is 60.7 Å². The van der Waals surface area contributed by atoms with Crippen LogP contribution in [0.3, 0.4) is 0 Å². The van der Waals surface area contributed by atoms with Gasteiger partial charge in [-0.2, -0.15) is 0 Å². The van der Waals surface area contributed by atoms with Gasteiger partial charge >= 0.3 is 0 Å². The number of hydrogen-bond donors (Lipinski definition) is 1. The summed E-state index contributed by atoms with van der Waals surface area (Å²) in [6, 6.07) is 21.4. The molecule has 0 radical (unpaired) electrons. The average molecular weight is 327 g/mol. The van der Waals surface area contributed by atoms with Crippen molar-refractivity contribution in [2.45, 2.75) is 27.7 Å². The summed E-state index contributed by atoms with van der Waals surface area (Å²) in [4.78, 5) is 0. The van der Waals surface area contributed by atoms with Crippen LogP contribution in [-0.2, 0) is 0 Å². The predicted octanol–water partition coefficient (Wildman–Crippen LogP) is 6.83. The van der Waals surface area contributed by atoms with Gasteiger partial charge in [0.15, 0.2) is 0 Å². The zero-order chi connectivity index (χ0) is 17.8. The van der Waals surface area contributed by atoms with Gasteiger partial charge in [-0.15, -0.1) is 0 Å². The zero-order valence-corrected chi connectivity index (χ0v) is 15.4. The molecule has 0 atom stereocenters. The van der Waals surface area contributed by atoms with Crippen LogP contribution in [0.4, 0.5) is 11.4 Å². The topological polar surface area (TPSA) is 12.0 Å². The monoisotopic (exact) mass is 327 g/mol. The van der Waals surface area contributed by atoms with E-state index in [1.165, 1.54) is 33.4 Å². The third-order valence-electron chi connectivity index (χ3n) is 4.67. The molecule has 3 rings (SSSR count). The minimum atomic E-state index is 1.11. The standard InChI is InChI=1S/C24H25N/c1-17-8-15-24(19(3)16-17)25-23-13-10-21(11-14-23)9-12-22-7-5-6-18(2)20(22)4/h5-16,25H,1-4H3. The highest BCUT2D eigenvalue weighted by Gasteiger charge is 2.00. The minimum absolute atomic E-state index is 1.11. The molecule has 25 heavy (non-hydrogen) atoms. The summed E-state index contributed by atoms with van der Waals surface area (Å²) in [6.45, 7) is 8.58. The first kappa shape index (κ1) is 17.0. The van der Waals surface area contributed by atoms with Gasteiger partial charge in [0.05, 0.1) is 0 Å². The first-order chi connectivity index (χ1) is 12.0. The summed E-state index contributed by atoms with van der Waals surface area (Å²) < 4.78 is 0. The summed E-state index contributed by atoms with van der Waals surface area (Å²) in [5, 5.41) is 3.49. The molecule has 0 aliphatic heterocycles. The number of anilines is 2. The van der Waals surface area contributed by atoms with E-state index >= 15 is 0 Å². The molecule has 3 aromatic carbocycles. The molecule has 0 amide bonds. The lowest BCUT2D eigenvalue weighted by Crippen LogP contribution is -1.93. The number of aryl methyl sites for hydroxylation is 3. The van der Waals surface area contributed by atoms with Gasteiger partial charge in [0, 0.05) is 11.4 Å². The SMILES string of the molecule is Cc1ccc(Nc2ccc(C=Cc3cccc(C)c3C)cc2)c(C)c1. The summed E-state index contributed by atoms with van der Waals surface area (Å²) >= 11 is 0. The van der Waals surface area contributed by atoms with Gasteiger partial charge in [-0.05, 0) is 73.7 Å². The summed E-state index contributed by atoms with van der Waals surface area (Å²) in [5.41, 5.74) is 9.96. The molecule has 0 aliphatic rings. The number of nitrogens with one attached hydrogen (secondary N) is 1. The molecule has 0 fully saturated rings. The van der Waals surface area contributed by atoms with Crippen molar-refractivity contribution < 1.29 is 0 Å². The Labute approximate surface area is 151 Å². The molecular formula is C24H25N. The fourth-order valence-electron chi connectivity index (χ4n) is 2.93. The molecule has 0 saturated heterocycles. The van der Waals surface area contributed by atoms with Crippen molar-refractivity contribution in [3.63, 3.8) is 0 Å². The van der Waals surface area contributed by atoms with Gasteiger partial charge in [0.25, 0.3) is 0 Å². The largest absolute Gasteiger partial charge is 0.355 e. The Hall–Kier alpha value is -2.80. The van der Waals surface area contributed by atoms with Crippen LogP contribution in [0.5, 0.6) is 0 Å². The molecule has 0 spiro atoms. The average Bonchev–Trinajstić information content (AvgIpc) is 2.60. The Morgan fingerprint density at radius 1 is 0.720 bits per heavy atom. The summed E-state index contributed by atoms with van der Waals surface area (Å²) in [5.74, 6) is 0. The fraction of sp³-hybridized carbons (Fsp3) is 0.167. The third kappa shape index (κ3) is 4.19. The smallest absolute Gasteiger partial charge is 0.0414 e. The van der Waals surface area contributed by atoms with Gasteiger partial charge in [-0.1, -0.05) is 60.2 Å². The number of benzene rings is 3. The van der Waals surface area contributed by atoms with Crippen LogP contribution in [0.2, 0.25) is 0 Å². The van der Waals surface area contributed by atoms with E-state index in [1.54, 1.807) is 0 Å². The summed E-state index contributed by atoms with van der Waals surface area (Å²) in [7, 11) is 0. The molecular weight excluding hydrogens is 302 g/mol. The molecule has 1 nitrogen and oxygen atoms in total. The van der Waals surface area contributed by atoms with Gasteiger partial charge in [-0.25, -0.2) is 0 Å². The van der Waals surface area contributed by atoms with Crippen molar-refractivity contribution in [3.05, 3.63) is 94.0 Å². The van der Waals surface area contributed by atoms with Gasteiger partial charge < -0.3 is 5.32 Å². The van der Waals surface area contributed by atoms with Crippen molar-refractivity contribution in [2.24, 2.45) is 0 Å². The lowest BCUT2D eigenvalue weighted by Gasteiger charge is -2.10. The van der Waals surface area contributed by atoms with Gasteiger partial charge in [0.1, 0.15) is 0 Å². The van der Waals surface area contributed by atoms with Crippen molar-refractivity contribution in [3.8, 4) is 0 Å². The maximum Gasteiger partial charge on any atom is 0.0414 e. The van der Waals surface area contributed by atoms with Crippen molar-refractivity contribution in [1.82, 2.24) is 0 Å². The van der Waals surface area contributed by atoms with Crippen LogP contribution < -0.4 is 5.32 Å². The Bertz CT molecular complexity index is 902. The van der Waals surface area contributed by atoms with E-state index in [0.29, 0.717) is 0 Å². The molecule has 3 aromatic rings. The van der Waals surface area contributed by atoms with E-state index in [0.717, 1.165) is 11.4 Å². The third-order valence-corrected chi connectivity index (χ3v) is 4.67. The maximum absolute atomic E-state index is 3.49. The zero-order valence-electron chi connectivity index (χ0n) is 15.4. The second-order valence-electron chi connectivity index (χ2n) is 6.69. The summed E-state index contributed by atoms with van der Waals surface area (Å²) in [6.07, 6.45) is 4.36. The Kier molecular flexibility index (Phi) is 5.04. The van der Waals surface area contributed by atoms with E-state index in [9.17, 15) is 0 Å². The highest BCUT2D eigenvalue weighted by Crippen LogP contribution is 2.22. The minimum Gasteiger partial charge on any atom is -0.355 e. The first-order valence-corrected chi connectivity index (χ1v) is 8.71. The fourth-order valence-corrected chi connectivity index (χ4v) is 2.93. The molecule has 1 heteroatoms. The molecule has 1 N–H and O–H groups in total. The molecule has 0 unspecified atom stereocenters. The van der Waals surface area contributed by atoms with Crippen molar-refractivity contribution >= 4 is 23.5 Å². The van der Waals surface area contributed by atoms with E-state index in [2.05, 4.69) is 106 Å². The van der Waals surface area contributed by atoms with E-state index in [-0.39, 0.29) is 0 Å². The van der Waals surface area contributed by atoms with Crippen molar-refractivity contribution in [1.29, 1.82) is 0 Å². The van der Waals surface area contributed by atoms with E-state index in [1.807, 2.05) is 0 Å². The van der Waals surface area contributed by atoms with Crippen LogP contribution in [0.25, 0.3) is 12.2 Å². The van der Waals surface area contributed by atoms with Gasteiger partial charge in [-0.3, -0.25) is 0 Å². The predicted molar refractivity (Wildman–Crippen MR) is 110 cm³/mol. The second kappa shape index (κ2) is 7.40. The highest BCUT2D eigenvalue weighted by atomic mass is 14.9.